The molecule has 0 bridgehead atoms. The molecule has 0 aliphatic carbocycles. The van der Waals surface area contributed by atoms with Crippen molar-refractivity contribution in [2.45, 2.75) is 57.8 Å². The summed E-state index contributed by atoms with van der Waals surface area (Å²) in [4.78, 5) is 64.8. The van der Waals surface area contributed by atoms with Crippen LogP contribution in [0.1, 0.15) is 53.7 Å². The SMILES string of the molecule is CC(C)[C@H](NCN1C(=O)CCC(N2Cc3cc(CNC(=O)C(F)(F)c4ccc(F)cc4)ccc3C2=O)C1=O)C(=O)O. The lowest BCUT2D eigenvalue weighted by Gasteiger charge is -2.36. The Balaban J connectivity index is 1.41. The summed E-state index contributed by atoms with van der Waals surface area (Å²) in [7, 11) is 0. The second-order valence-electron chi connectivity index (χ2n) is 10.3. The number of nitrogens with zero attached hydrogens (tertiary/aromatic N) is 2. The van der Waals surface area contributed by atoms with Crippen LogP contribution in [0, 0.1) is 11.7 Å². The maximum Gasteiger partial charge on any atom is 0.349 e. The first-order valence-corrected chi connectivity index (χ1v) is 13.0. The van der Waals surface area contributed by atoms with Crippen LogP contribution in [0.5, 0.6) is 0 Å². The maximum atomic E-state index is 14.5. The predicted molar refractivity (Wildman–Crippen MR) is 138 cm³/mol. The van der Waals surface area contributed by atoms with E-state index in [2.05, 4.69) is 10.6 Å². The van der Waals surface area contributed by atoms with E-state index >= 15 is 0 Å². The number of likely N-dealkylation sites (tertiary alicyclic amines) is 1. The van der Waals surface area contributed by atoms with Crippen molar-refractivity contribution in [3.05, 3.63) is 70.5 Å². The van der Waals surface area contributed by atoms with E-state index in [4.69, 9.17) is 0 Å². The van der Waals surface area contributed by atoms with Crippen LogP contribution in [0.4, 0.5) is 13.2 Å². The van der Waals surface area contributed by atoms with Crippen LogP contribution < -0.4 is 10.6 Å². The van der Waals surface area contributed by atoms with Crippen molar-refractivity contribution in [2.75, 3.05) is 6.67 Å². The summed E-state index contributed by atoms with van der Waals surface area (Å²) in [6, 6.07) is 5.94. The fraction of sp³-hybridized carbons (Fsp3) is 0.393. The van der Waals surface area contributed by atoms with Gasteiger partial charge in [-0.15, -0.1) is 0 Å². The Morgan fingerprint density at radius 3 is 2.41 bits per heavy atom. The highest BCUT2D eigenvalue weighted by atomic mass is 19.3. The third-order valence-corrected chi connectivity index (χ3v) is 7.21. The number of alkyl halides is 2. The molecule has 4 rings (SSSR count). The molecule has 2 aromatic carbocycles. The molecule has 13 heteroatoms. The molecule has 2 aromatic rings. The zero-order chi connectivity index (χ0) is 30.1. The van der Waals surface area contributed by atoms with Gasteiger partial charge in [0.1, 0.15) is 17.9 Å². The van der Waals surface area contributed by atoms with Gasteiger partial charge in [-0.3, -0.25) is 34.2 Å². The van der Waals surface area contributed by atoms with Gasteiger partial charge in [0.25, 0.3) is 17.7 Å². The number of carboxylic acids is 1. The van der Waals surface area contributed by atoms with Crippen molar-refractivity contribution in [3.63, 3.8) is 0 Å². The summed E-state index contributed by atoms with van der Waals surface area (Å²) < 4.78 is 42.1. The Kier molecular flexibility index (Phi) is 8.47. The Morgan fingerprint density at radius 1 is 1.10 bits per heavy atom. The highest BCUT2D eigenvalue weighted by molar-refractivity contribution is 6.05. The lowest BCUT2D eigenvalue weighted by atomic mass is 10.0. The summed E-state index contributed by atoms with van der Waals surface area (Å²) >= 11 is 0. The van der Waals surface area contributed by atoms with E-state index in [1.54, 1.807) is 19.9 Å². The van der Waals surface area contributed by atoms with Gasteiger partial charge in [-0.05, 0) is 53.8 Å². The largest absolute Gasteiger partial charge is 0.480 e. The van der Waals surface area contributed by atoms with E-state index < -0.39 is 59.0 Å². The Labute approximate surface area is 233 Å². The summed E-state index contributed by atoms with van der Waals surface area (Å²) in [6.07, 6.45) is 0.0823. The van der Waals surface area contributed by atoms with Crippen molar-refractivity contribution in [1.82, 2.24) is 20.4 Å². The number of hydrogen-bond acceptors (Lipinski definition) is 6. The van der Waals surface area contributed by atoms with Gasteiger partial charge < -0.3 is 15.3 Å². The van der Waals surface area contributed by atoms with E-state index in [1.807, 2.05) is 0 Å². The number of piperidine rings is 1. The predicted octanol–water partition coefficient (Wildman–Crippen LogP) is 2.36. The van der Waals surface area contributed by atoms with Crippen molar-refractivity contribution in [3.8, 4) is 0 Å². The minimum absolute atomic E-state index is 0.0167. The summed E-state index contributed by atoms with van der Waals surface area (Å²) in [6.45, 7) is 2.81. The van der Waals surface area contributed by atoms with Gasteiger partial charge in [0.05, 0.1) is 6.67 Å². The Hall–Kier alpha value is -4.26. The number of aliphatic carboxylic acids is 1. The minimum Gasteiger partial charge on any atom is -0.480 e. The molecule has 1 fully saturated rings. The lowest BCUT2D eigenvalue weighted by Crippen LogP contribution is -2.58. The van der Waals surface area contributed by atoms with Gasteiger partial charge in [0, 0.05) is 30.6 Å². The Morgan fingerprint density at radius 2 is 1.78 bits per heavy atom. The first-order chi connectivity index (χ1) is 19.3. The minimum atomic E-state index is -3.89. The highest BCUT2D eigenvalue weighted by Crippen LogP contribution is 2.31. The topological polar surface area (TPSA) is 136 Å². The number of imide groups is 1. The first kappa shape index (κ1) is 29.7. The van der Waals surface area contributed by atoms with E-state index in [0.717, 1.165) is 29.2 Å². The molecule has 0 aromatic heterocycles. The summed E-state index contributed by atoms with van der Waals surface area (Å²) in [5, 5.41) is 14.3. The third-order valence-electron chi connectivity index (χ3n) is 7.21. The number of carboxylic acid groups (broad SMARTS) is 1. The van der Waals surface area contributed by atoms with Crippen LogP contribution in [-0.2, 0) is 38.2 Å². The van der Waals surface area contributed by atoms with Crippen LogP contribution in [0.25, 0.3) is 0 Å². The van der Waals surface area contributed by atoms with Gasteiger partial charge in [-0.1, -0.05) is 26.0 Å². The number of carbonyl (C=O) groups is 5. The molecule has 0 saturated carbocycles. The molecule has 1 unspecified atom stereocenters. The molecule has 3 N–H and O–H groups in total. The molecular formula is C28H29F3N4O6. The second-order valence-corrected chi connectivity index (χ2v) is 10.3. The molecule has 2 heterocycles. The molecule has 0 radical (unpaired) electrons. The van der Waals surface area contributed by atoms with Gasteiger partial charge in [-0.2, -0.15) is 8.78 Å². The van der Waals surface area contributed by atoms with Crippen molar-refractivity contribution < 1.29 is 42.3 Å². The van der Waals surface area contributed by atoms with Crippen molar-refractivity contribution in [2.24, 2.45) is 5.92 Å². The molecule has 2 aliphatic heterocycles. The maximum absolute atomic E-state index is 14.5. The fourth-order valence-electron chi connectivity index (χ4n) is 4.92. The molecule has 4 amide bonds. The van der Waals surface area contributed by atoms with E-state index in [0.29, 0.717) is 16.7 Å². The van der Waals surface area contributed by atoms with E-state index in [-0.39, 0.29) is 38.5 Å². The zero-order valence-electron chi connectivity index (χ0n) is 22.3. The fourth-order valence-corrected chi connectivity index (χ4v) is 4.92. The van der Waals surface area contributed by atoms with E-state index in [9.17, 15) is 42.3 Å². The number of carbonyl (C=O) groups excluding carboxylic acids is 4. The normalized spacial score (nSPS) is 18.1. The number of benzene rings is 2. The molecule has 218 valence electrons. The van der Waals surface area contributed by atoms with Crippen molar-refractivity contribution in [1.29, 1.82) is 0 Å². The number of halogens is 3. The van der Waals surface area contributed by atoms with Crippen LogP contribution >= 0.6 is 0 Å². The second kappa shape index (κ2) is 11.7. The monoisotopic (exact) mass is 574 g/mol. The summed E-state index contributed by atoms with van der Waals surface area (Å²) in [5.41, 5.74) is 0.601. The van der Waals surface area contributed by atoms with Gasteiger partial charge in [0.15, 0.2) is 0 Å². The molecule has 2 atom stereocenters. The third kappa shape index (κ3) is 6.09. The van der Waals surface area contributed by atoms with Gasteiger partial charge >= 0.3 is 11.9 Å². The van der Waals surface area contributed by atoms with Gasteiger partial charge in [-0.25, -0.2) is 4.39 Å². The van der Waals surface area contributed by atoms with Crippen molar-refractivity contribution >= 4 is 29.6 Å². The molecule has 2 aliphatic rings. The zero-order valence-corrected chi connectivity index (χ0v) is 22.3. The quantitative estimate of drug-likeness (QED) is 0.371. The molecular weight excluding hydrogens is 545 g/mol. The number of hydrogen-bond donors (Lipinski definition) is 3. The van der Waals surface area contributed by atoms with Crippen LogP contribution in [0.2, 0.25) is 0 Å². The van der Waals surface area contributed by atoms with Crippen LogP contribution in [0.3, 0.4) is 0 Å². The average Bonchev–Trinajstić information content (AvgIpc) is 3.24. The first-order valence-electron chi connectivity index (χ1n) is 13.0. The Bertz CT molecular complexity index is 1380. The molecule has 1 saturated heterocycles. The standard InChI is InChI=1S/C28H29F3N4O6/c1-15(2)23(26(39)40)33-14-35-22(36)10-9-21(25(35)38)34-13-17-11-16(3-8-20(17)24(34)37)12-32-27(41)28(30,31)18-4-6-19(29)7-5-18/h3-8,11,15,21,23,33H,9-10,12-14H2,1-2H3,(H,32,41)(H,39,40)/t21?,23-/m0/s1. The molecule has 41 heavy (non-hydrogen) atoms. The number of nitrogens with one attached hydrogen (secondary N) is 2. The molecule has 10 nitrogen and oxygen atoms in total. The van der Waals surface area contributed by atoms with Crippen LogP contribution in [0.15, 0.2) is 42.5 Å². The summed E-state index contributed by atoms with van der Waals surface area (Å²) in [5.74, 6) is -9.15. The number of amides is 4. The van der Waals surface area contributed by atoms with Crippen LogP contribution in [-0.4, -0.2) is 63.3 Å². The number of fused-ring (bicyclic) bond motifs is 1. The molecule has 0 spiro atoms. The lowest BCUT2D eigenvalue weighted by molar-refractivity contribution is -0.154. The van der Waals surface area contributed by atoms with Gasteiger partial charge in [0.2, 0.25) is 5.91 Å². The average molecular weight is 575 g/mol. The van der Waals surface area contributed by atoms with E-state index in [1.165, 1.54) is 17.0 Å². The smallest absolute Gasteiger partial charge is 0.349 e. The number of rotatable bonds is 10. The highest BCUT2D eigenvalue weighted by Gasteiger charge is 2.43.